The summed E-state index contributed by atoms with van der Waals surface area (Å²) in [6.07, 6.45) is 2.08. The molecule has 31 heavy (non-hydrogen) atoms. The lowest BCUT2D eigenvalue weighted by Gasteiger charge is -2.29. The van der Waals surface area contributed by atoms with Gasteiger partial charge in [0.1, 0.15) is 18.1 Å². The summed E-state index contributed by atoms with van der Waals surface area (Å²) >= 11 is 0. The second kappa shape index (κ2) is 8.40. The Labute approximate surface area is 181 Å². The highest BCUT2D eigenvalue weighted by molar-refractivity contribution is 5.95. The van der Waals surface area contributed by atoms with Crippen LogP contribution in [0.25, 0.3) is 22.1 Å². The zero-order valence-corrected chi connectivity index (χ0v) is 17.6. The number of nitrogens with zero attached hydrogens (tertiary/aromatic N) is 1. The Bertz CT molecular complexity index is 1260. The van der Waals surface area contributed by atoms with Crippen LogP contribution in [0.2, 0.25) is 0 Å². The minimum Gasteiger partial charge on any atom is -0.478 e. The average molecular weight is 412 g/mol. The first-order valence-corrected chi connectivity index (χ1v) is 10.7. The standard InChI is InChI=1S/C27H25NO3/c1-19-9-11-21(12-10-19)23-16-26(29)31-27-22(23)13-14-25-24(27)17-28(18-30-25)15-5-8-20-6-3-2-4-7-20/h2-4,6-7,9-14,16H,5,8,15,17-18H2,1H3. The monoisotopic (exact) mass is 411 g/mol. The zero-order valence-electron chi connectivity index (χ0n) is 17.6. The summed E-state index contributed by atoms with van der Waals surface area (Å²) in [5.41, 5.74) is 5.70. The number of aryl methyl sites for hydroxylation is 2. The molecule has 0 saturated carbocycles. The number of fused-ring (bicyclic) bond motifs is 3. The van der Waals surface area contributed by atoms with Crippen molar-refractivity contribution in [1.29, 1.82) is 0 Å². The molecule has 0 atom stereocenters. The van der Waals surface area contributed by atoms with Crippen molar-refractivity contribution in [2.45, 2.75) is 26.3 Å². The Morgan fingerprint density at radius 3 is 2.58 bits per heavy atom. The van der Waals surface area contributed by atoms with Gasteiger partial charge in [-0.2, -0.15) is 0 Å². The van der Waals surface area contributed by atoms with Gasteiger partial charge in [0.15, 0.2) is 0 Å². The highest BCUT2D eigenvalue weighted by Crippen LogP contribution is 2.36. The van der Waals surface area contributed by atoms with Gasteiger partial charge in [-0.15, -0.1) is 0 Å². The molecule has 4 heteroatoms. The number of benzene rings is 3. The van der Waals surface area contributed by atoms with Crippen LogP contribution in [-0.4, -0.2) is 18.2 Å². The maximum Gasteiger partial charge on any atom is 0.336 e. The first-order chi connectivity index (χ1) is 15.2. The zero-order chi connectivity index (χ0) is 21.2. The molecule has 0 amide bonds. The highest BCUT2D eigenvalue weighted by atomic mass is 16.5. The molecule has 0 aliphatic carbocycles. The van der Waals surface area contributed by atoms with Gasteiger partial charge < -0.3 is 9.15 Å². The highest BCUT2D eigenvalue weighted by Gasteiger charge is 2.22. The van der Waals surface area contributed by atoms with E-state index in [1.54, 1.807) is 6.07 Å². The molecule has 0 N–H and O–H groups in total. The maximum absolute atomic E-state index is 12.4. The van der Waals surface area contributed by atoms with Crippen LogP contribution < -0.4 is 10.4 Å². The molecule has 1 aliphatic heterocycles. The first-order valence-electron chi connectivity index (χ1n) is 10.7. The van der Waals surface area contributed by atoms with E-state index in [-0.39, 0.29) is 5.63 Å². The van der Waals surface area contributed by atoms with Gasteiger partial charge in [-0.3, -0.25) is 4.90 Å². The van der Waals surface area contributed by atoms with Gasteiger partial charge in [-0.25, -0.2) is 4.79 Å². The predicted molar refractivity (Wildman–Crippen MR) is 123 cm³/mol. The summed E-state index contributed by atoms with van der Waals surface area (Å²) in [7, 11) is 0. The second-order valence-corrected chi connectivity index (χ2v) is 8.18. The number of hydrogen-bond donors (Lipinski definition) is 0. The lowest BCUT2D eigenvalue weighted by Crippen LogP contribution is -2.33. The van der Waals surface area contributed by atoms with E-state index in [0.29, 0.717) is 18.9 Å². The summed E-state index contributed by atoms with van der Waals surface area (Å²) in [6.45, 7) is 4.24. The summed E-state index contributed by atoms with van der Waals surface area (Å²) in [5.74, 6) is 0.802. The van der Waals surface area contributed by atoms with Gasteiger partial charge in [-0.05, 0) is 48.6 Å². The fourth-order valence-corrected chi connectivity index (χ4v) is 4.25. The van der Waals surface area contributed by atoms with E-state index >= 15 is 0 Å². The van der Waals surface area contributed by atoms with Crippen molar-refractivity contribution in [3.8, 4) is 16.9 Å². The van der Waals surface area contributed by atoms with E-state index in [2.05, 4.69) is 60.4 Å². The second-order valence-electron chi connectivity index (χ2n) is 8.18. The molecule has 156 valence electrons. The van der Waals surface area contributed by atoms with Crippen LogP contribution in [-0.2, 0) is 13.0 Å². The van der Waals surface area contributed by atoms with Gasteiger partial charge in [-0.1, -0.05) is 60.2 Å². The number of hydrogen-bond acceptors (Lipinski definition) is 4. The topological polar surface area (TPSA) is 42.7 Å². The number of rotatable bonds is 5. The Kier molecular flexibility index (Phi) is 5.31. The van der Waals surface area contributed by atoms with Crippen LogP contribution in [0.1, 0.15) is 23.1 Å². The molecule has 0 radical (unpaired) electrons. The molecular formula is C27H25NO3. The van der Waals surface area contributed by atoms with E-state index in [4.69, 9.17) is 9.15 Å². The predicted octanol–water partition coefficient (Wildman–Crippen LogP) is 5.55. The lowest BCUT2D eigenvalue weighted by molar-refractivity contribution is 0.0946. The normalized spacial score (nSPS) is 13.7. The minimum atomic E-state index is -0.335. The number of ether oxygens (including phenoxy) is 1. The summed E-state index contributed by atoms with van der Waals surface area (Å²) in [6, 6.07) is 24.3. The van der Waals surface area contributed by atoms with Crippen molar-refractivity contribution in [1.82, 2.24) is 4.90 Å². The molecule has 5 rings (SSSR count). The van der Waals surface area contributed by atoms with Crippen molar-refractivity contribution in [3.63, 3.8) is 0 Å². The van der Waals surface area contributed by atoms with E-state index < -0.39 is 0 Å². The van der Waals surface area contributed by atoms with Crippen molar-refractivity contribution < 1.29 is 9.15 Å². The van der Waals surface area contributed by atoms with Crippen LogP contribution in [0, 0.1) is 6.92 Å². The Hall–Kier alpha value is -3.37. The Morgan fingerprint density at radius 2 is 1.77 bits per heavy atom. The molecule has 2 heterocycles. The van der Waals surface area contributed by atoms with E-state index in [0.717, 1.165) is 47.2 Å². The van der Waals surface area contributed by atoms with Crippen LogP contribution in [0.15, 0.2) is 82.0 Å². The quantitative estimate of drug-likeness (QED) is 0.404. The third kappa shape index (κ3) is 4.12. The van der Waals surface area contributed by atoms with E-state index in [1.165, 1.54) is 11.1 Å². The molecule has 0 bridgehead atoms. The fraction of sp³-hybridized carbons (Fsp3) is 0.222. The molecule has 0 unspecified atom stereocenters. The van der Waals surface area contributed by atoms with Gasteiger partial charge in [0, 0.05) is 24.5 Å². The van der Waals surface area contributed by atoms with Gasteiger partial charge >= 0.3 is 5.63 Å². The van der Waals surface area contributed by atoms with E-state index in [9.17, 15) is 4.79 Å². The van der Waals surface area contributed by atoms with Crippen molar-refractivity contribution in [3.05, 3.63) is 99.9 Å². The summed E-state index contributed by atoms with van der Waals surface area (Å²) in [5, 5.41) is 0.942. The third-order valence-electron chi connectivity index (χ3n) is 5.90. The Morgan fingerprint density at radius 1 is 0.968 bits per heavy atom. The first kappa shape index (κ1) is 19.6. The molecule has 1 aliphatic rings. The fourth-order valence-electron chi connectivity index (χ4n) is 4.25. The van der Waals surface area contributed by atoms with Crippen LogP contribution >= 0.6 is 0 Å². The molecular weight excluding hydrogens is 386 g/mol. The average Bonchev–Trinajstić information content (AvgIpc) is 2.80. The molecule has 4 aromatic rings. The van der Waals surface area contributed by atoms with E-state index in [1.807, 2.05) is 18.2 Å². The van der Waals surface area contributed by atoms with Crippen LogP contribution in [0.3, 0.4) is 0 Å². The SMILES string of the molecule is Cc1ccc(-c2cc(=O)oc3c4c(ccc23)OCN(CCCc2ccccc2)C4)cc1. The Balaban J connectivity index is 1.43. The minimum absolute atomic E-state index is 0.335. The molecule has 0 fully saturated rings. The van der Waals surface area contributed by atoms with Crippen molar-refractivity contribution in [2.75, 3.05) is 13.3 Å². The molecule has 0 saturated heterocycles. The van der Waals surface area contributed by atoms with Crippen LogP contribution in [0.5, 0.6) is 5.75 Å². The molecule has 1 aromatic heterocycles. The smallest absolute Gasteiger partial charge is 0.336 e. The van der Waals surface area contributed by atoms with Crippen molar-refractivity contribution in [2.24, 2.45) is 0 Å². The van der Waals surface area contributed by atoms with Crippen molar-refractivity contribution >= 4 is 11.0 Å². The largest absolute Gasteiger partial charge is 0.478 e. The van der Waals surface area contributed by atoms with Crippen LogP contribution in [0.4, 0.5) is 0 Å². The van der Waals surface area contributed by atoms with Gasteiger partial charge in [0.25, 0.3) is 0 Å². The lowest BCUT2D eigenvalue weighted by atomic mass is 9.98. The summed E-state index contributed by atoms with van der Waals surface area (Å²) < 4.78 is 11.7. The van der Waals surface area contributed by atoms with Gasteiger partial charge in [0.05, 0.1) is 5.56 Å². The molecule has 4 nitrogen and oxygen atoms in total. The molecule has 0 spiro atoms. The third-order valence-corrected chi connectivity index (χ3v) is 5.90. The molecule has 3 aromatic carbocycles. The maximum atomic E-state index is 12.4. The van der Waals surface area contributed by atoms with Gasteiger partial charge in [0.2, 0.25) is 0 Å². The summed E-state index contributed by atoms with van der Waals surface area (Å²) in [4.78, 5) is 14.7.